The Morgan fingerprint density at radius 1 is 0.897 bits per heavy atom. The molecule has 0 radical (unpaired) electrons. The molecular weight excluding hydrogens is 364 g/mol. The van der Waals surface area contributed by atoms with Gasteiger partial charge in [0.25, 0.3) is 5.91 Å². The Labute approximate surface area is 170 Å². The minimum Gasteiger partial charge on any atom is -0.495 e. The van der Waals surface area contributed by atoms with Crippen molar-refractivity contribution in [2.75, 3.05) is 12.4 Å². The lowest BCUT2D eigenvalue weighted by atomic mass is 10.0. The van der Waals surface area contributed by atoms with Crippen LogP contribution in [0.3, 0.4) is 0 Å². The van der Waals surface area contributed by atoms with Crippen LogP contribution < -0.4 is 15.4 Å². The van der Waals surface area contributed by atoms with Gasteiger partial charge < -0.3 is 15.4 Å². The van der Waals surface area contributed by atoms with Crippen LogP contribution >= 0.6 is 0 Å². The lowest BCUT2D eigenvalue weighted by Crippen LogP contribution is -2.45. The molecule has 0 aliphatic heterocycles. The van der Waals surface area contributed by atoms with Crippen LogP contribution in [0.5, 0.6) is 5.75 Å². The standard InChI is InChI=1S/C24H24N2O3/c1-17-10-6-7-13-19(17)23(27)26-21(16-18-11-4-3-5-12-18)24(28)25-20-14-8-9-15-22(20)29-2/h3-15,21H,16H2,1-2H3,(H,25,28)(H,26,27). The van der Waals surface area contributed by atoms with Crippen LogP contribution in [0, 0.1) is 6.92 Å². The molecule has 0 aromatic heterocycles. The van der Waals surface area contributed by atoms with Gasteiger partial charge in [0.15, 0.2) is 0 Å². The molecule has 0 heterocycles. The van der Waals surface area contributed by atoms with Gasteiger partial charge in [0, 0.05) is 12.0 Å². The van der Waals surface area contributed by atoms with E-state index in [1.54, 1.807) is 25.3 Å². The topological polar surface area (TPSA) is 67.4 Å². The molecule has 148 valence electrons. The summed E-state index contributed by atoms with van der Waals surface area (Å²) in [5.41, 5.74) is 2.92. The molecule has 2 N–H and O–H groups in total. The normalized spacial score (nSPS) is 11.4. The number of carbonyl (C=O) groups is 2. The fraction of sp³-hybridized carbons (Fsp3) is 0.167. The first kappa shape index (κ1) is 20.1. The highest BCUT2D eigenvalue weighted by Crippen LogP contribution is 2.23. The van der Waals surface area contributed by atoms with Crippen LogP contribution in [-0.2, 0) is 11.2 Å². The quantitative estimate of drug-likeness (QED) is 0.643. The number of amides is 2. The molecule has 5 heteroatoms. The Morgan fingerprint density at radius 3 is 2.28 bits per heavy atom. The summed E-state index contributed by atoms with van der Waals surface area (Å²) in [6.07, 6.45) is 0.374. The number of rotatable bonds is 7. The van der Waals surface area contributed by atoms with E-state index >= 15 is 0 Å². The molecule has 0 bridgehead atoms. The van der Waals surface area contributed by atoms with Gasteiger partial charge in [-0.15, -0.1) is 0 Å². The van der Waals surface area contributed by atoms with E-state index in [9.17, 15) is 9.59 Å². The van der Waals surface area contributed by atoms with Crippen LogP contribution in [-0.4, -0.2) is 25.0 Å². The Hall–Kier alpha value is -3.60. The monoisotopic (exact) mass is 388 g/mol. The molecule has 0 spiro atoms. The summed E-state index contributed by atoms with van der Waals surface area (Å²) in [7, 11) is 1.55. The van der Waals surface area contributed by atoms with E-state index in [1.165, 1.54) is 0 Å². The van der Waals surface area contributed by atoms with Crippen molar-refractivity contribution in [2.45, 2.75) is 19.4 Å². The van der Waals surface area contributed by atoms with Crippen molar-refractivity contribution in [3.63, 3.8) is 0 Å². The number of hydrogen-bond acceptors (Lipinski definition) is 3. The molecular formula is C24H24N2O3. The number of para-hydroxylation sites is 2. The number of ether oxygens (including phenoxy) is 1. The van der Waals surface area contributed by atoms with Gasteiger partial charge in [-0.25, -0.2) is 0 Å². The predicted octanol–water partition coefficient (Wildman–Crippen LogP) is 3.98. The number of aryl methyl sites for hydroxylation is 1. The average Bonchev–Trinajstić information content (AvgIpc) is 2.74. The third kappa shape index (κ3) is 5.23. The number of nitrogens with one attached hydrogen (secondary N) is 2. The van der Waals surface area contributed by atoms with Crippen LogP contribution in [0.2, 0.25) is 0 Å². The van der Waals surface area contributed by atoms with Crippen LogP contribution in [0.4, 0.5) is 5.69 Å². The third-order valence-electron chi connectivity index (χ3n) is 4.66. The number of anilines is 1. The maximum atomic E-state index is 13.1. The molecule has 3 aromatic carbocycles. The smallest absolute Gasteiger partial charge is 0.252 e. The highest BCUT2D eigenvalue weighted by Gasteiger charge is 2.23. The number of carbonyl (C=O) groups excluding carboxylic acids is 2. The van der Waals surface area contributed by atoms with E-state index in [-0.39, 0.29) is 11.8 Å². The minimum atomic E-state index is -0.741. The first-order valence-electron chi connectivity index (χ1n) is 9.43. The van der Waals surface area contributed by atoms with Gasteiger partial charge in [-0.2, -0.15) is 0 Å². The van der Waals surface area contributed by atoms with Gasteiger partial charge in [0.1, 0.15) is 11.8 Å². The second-order valence-corrected chi connectivity index (χ2v) is 6.72. The summed E-state index contributed by atoms with van der Waals surface area (Å²) in [5.74, 6) is -0.0240. The Balaban J connectivity index is 1.83. The molecule has 0 aliphatic rings. The van der Waals surface area contributed by atoms with E-state index in [4.69, 9.17) is 4.74 Å². The van der Waals surface area contributed by atoms with Crippen molar-refractivity contribution in [1.29, 1.82) is 0 Å². The van der Waals surface area contributed by atoms with E-state index in [0.717, 1.165) is 11.1 Å². The second-order valence-electron chi connectivity index (χ2n) is 6.72. The van der Waals surface area contributed by atoms with Gasteiger partial charge >= 0.3 is 0 Å². The van der Waals surface area contributed by atoms with Crippen LogP contribution in [0.15, 0.2) is 78.9 Å². The first-order valence-corrected chi connectivity index (χ1v) is 9.43. The molecule has 0 fully saturated rings. The zero-order chi connectivity index (χ0) is 20.6. The molecule has 3 aromatic rings. The van der Waals surface area contributed by atoms with Gasteiger partial charge in [0.2, 0.25) is 5.91 Å². The zero-order valence-corrected chi connectivity index (χ0v) is 16.5. The Morgan fingerprint density at radius 2 is 1.55 bits per heavy atom. The summed E-state index contributed by atoms with van der Waals surface area (Å²) in [5, 5.41) is 5.76. The highest BCUT2D eigenvalue weighted by atomic mass is 16.5. The zero-order valence-electron chi connectivity index (χ0n) is 16.5. The first-order chi connectivity index (χ1) is 14.1. The average molecular weight is 388 g/mol. The lowest BCUT2D eigenvalue weighted by Gasteiger charge is -2.20. The molecule has 0 saturated heterocycles. The summed E-state index contributed by atoms with van der Waals surface area (Å²) in [6.45, 7) is 1.87. The van der Waals surface area contributed by atoms with E-state index in [0.29, 0.717) is 23.4 Å². The summed E-state index contributed by atoms with van der Waals surface area (Å²) in [6, 6.07) is 23.4. The van der Waals surface area contributed by atoms with Crippen molar-refractivity contribution in [1.82, 2.24) is 5.32 Å². The van der Waals surface area contributed by atoms with Crippen molar-refractivity contribution >= 4 is 17.5 Å². The molecule has 5 nitrogen and oxygen atoms in total. The number of methoxy groups -OCH3 is 1. The molecule has 1 unspecified atom stereocenters. The molecule has 1 atom stereocenters. The predicted molar refractivity (Wildman–Crippen MR) is 114 cm³/mol. The van der Waals surface area contributed by atoms with E-state index in [2.05, 4.69) is 10.6 Å². The van der Waals surface area contributed by atoms with Crippen LogP contribution in [0.25, 0.3) is 0 Å². The van der Waals surface area contributed by atoms with Crippen molar-refractivity contribution in [3.8, 4) is 5.75 Å². The number of benzene rings is 3. The SMILES string of the molecule is COc1ccccc1NC(=O)C(Cc1ccccc1)NC(=O)c1ccccc1C. The summed E-state index contributed by atoms with van der Waals surface area (Å²) >= 11 is 0. The van der Waals surface area contributed by atoms with E-state index < -0.39 is 6.04 Å². The third-order valence-corrected chi connectivity index (χ3v) is 4.66. The van der Waals surface area contributed by atoms with Crippen molar-refractivity contribution in [3.05, 3.63) is 95.6 Å². The maximum Gasteiger partial charge on any atom is 0.252 e. The van der Waals surface area contributed by atoms with Gasteiger partial charge in [0.05, 0.1) is 12.8 Å². The van der Waals surface area contributed by atoms with E-state index in [1.807, 2.05) is 67.6 Å². The Bertz CT molecular complexity index is 986. The second kappa shape index (κ2) is 9.55. The van der Waals surface area contributed by atoms with Crippen molar-refractivity contribution < 1.29 is 14.3 Å². The lowest BCUT2D eigenvalue weighted by molar-refractivity contribution is -0.118. The summed E-state index contributed by atoms with van der Waals surface area (Å²) in [4.78, 5) is 25.9. The molecule has 0 aliphatic carbocycles. The molecule has 3 rings (SSSR count). The molecule has 29 heavy (non-hydrogen) atoms. The summed E-state index contributed by atoms with van der Waals surface area (Å²) < 4.78 is 5.31. The Kier molecular flexibility index (Phi) is 6.63. The minimum absolute atomic E-state index is 0.279. The van der Waals surface area contributed by atoms with Gasteiger partial charge in [-0.1, -0.05) is 60.7 Å². The van der Waals surface area contributed by atoms with Crippen molar-refractivity contribution in [2.24, 2.45) is 0 Å². The fourth-order valence-corrected chi connectivity index (χ4v) is 3.09. The molecule has 0 saturated carbocycles. The molecule has 2 amide bonds. The maximum absolute atomic E-state index is 13.1. The van der Waals surface area contributed by atoms with Crippen LogP contribution in [0.1, 0.15) is 21.5 Å². The number of hydrogen-bond donors (Lipinski definition) is 2. The van der Waals surface area contributed by atoms with Gasteiger partial charge in [-0.3, -0.25) is 9.59 Å². The van der Waals surface area contributed by atoms with Gasteiger partial charge in [-0.05, 0) is 36.2 Å². The largest absolute Gasteiger partial charge is 0.495 e. The fourth-order valence-electron chi connectivity index (χ4n) is 3.09. The highest BCUT2D eigenvalue weighted by molar-refractivity contribution is 6.02.